The zero-order valence-corrected chi connectivity index (χ0v) is 7.25. The van der Waals surface area contributed by atoms with E-state index in [1.165, 1.54) is 12.8 Å². The van der Waals surface area contributed by atoms with Crippen LogP contribution in [0.3, 0.4) is 0 Å². The number of nitrogens with zero attached hydrogens (tertiary/aromatic N) is 1. The predicted octanol–water partition coefficient (Wildman–Crippen LogP) is 2.64. The average molecular weight is 149 g/mol. The van der Waals surface area contributed by atoms with Crippen LogP contribution >= 0.6 is 0 Å². The molecule has 0 amide bonds. The van der Waals surface area contributed by atoms with Crippen LogP contribution < -0.4 is 0 Å². The van der Waals surface area contributed by atoms with E-state index >= 15 is 0 Å². The molecule has 0 saturated heterocycles. The normalized spacial score (nSPS) is 47.8. The summed E-state index contributed by atoms with van der Waals surface area (Å²) in [6.45, 7) is 4.69. The molecule has 1 aliphatic heterocycles. The molecule has 1 heteroatoms. The first-order valence-electron chi connectivity index (χ1n) is 4.42. The lowest BCUT2D eigenvalue weighted by Gasteiger charge is -2.26. The van der Waals surface area contributed by atoms with E-state index < -0.39 is 0 Å². The van der Waals surface area contributed by atoms with Crippen molar-refractivity contribution < 1.29 is 0 Å². The number of hydrogen-bond acceptors (Lipinski definition) is 1. The van der Waals surface area contributed by atoms with Crippen LogP contribution in [0.15, 0.2) is 17.3 Å². The van der Waals surface area contributed by atoms with Gasteiger partial charge in [0.1, 0.15) is 0 Å². The molecule has 2 rings (SSSR count). The molecule has 2 aliphatic rings. The van der Waals surface area contributed by atoms with Crippen molar-refractivity contribution in [3.8, 4) is 0 Å². The Morgan fingerprint density at radius 2 is 2.36 bits per heavy atom. The Labute approximate surface area is 68.2 Å². The first kappa shape index (κ1) is 7.08. The molecule has 60 valence electrons. The van der Waals surface area contributed by atoms with Gasteiger partial charge in [0.05, 0.1) is 0 Å². The summed E-state index contributed by atoms with van der Waals surface area (Å²) in [5.74, 6) is 1.58. The van der Waals surface area contributed by atoms with Crippen molar-refractivity contribution in [2.24, 2.45) is 22.2 Å². The van der Waals surface area contributed by atoms with Crippen molar-refractivity contribution in [3.63, 3.8) is 0 Å². The van der Waals surface area contributed by atoms with E-state index in [1.54, 1.807) is 0 Å². The fourth-order valence-corrected chi connectivity index (χ4v) is 2.48. The number of aliphatic imine (C=N–C) groups is 1. The van der Waals surface area contributed by atoms with Crippen molar-refractivity contribution >= 4 is 6.21 Å². The maximum absolute atomic E-state index is 4.19. The molecule has 3 atom stereocenters. The van der Waals surface area contributed by atoms with Gasteiger partial charge in [0, 0.05) is 18.3 Å². The van der Waals surface area contributed by atoms with Gasteiger partial charge in [-0.3, -0.25) is 4.99 Å². The first-order valence-corrected chi connectivity index (χ1v) is 4.42. The van der Waals surface area contributed by atoms with Gasteiger partial charge < -0.3 is 0 Å². The van der Waals surface area contributed by atoms with Crippen LogP contribution in [0.1, 0.15) is 26.7 Å². The molecule has 0 aromatic carbocycles. The Morgan fingerprint density at radius 3 is 3.09 bits per heavy atom. The maximum atomic E-state index is 4.19. The highest BCUT2D eigenvalue weighted by molar-refractivity contribution is 5.65. The predicted molar refractivity (Wildman–Crippen MR) is 47.6 cm³/mol. The van der Waals surface area contributed by atoms with Gasteiger partial charge in [-0.1, -0.05) is 19.9 Å². The van der Waals surface area contributed by atoms with Gasteiger partial charge in [-0.05, 0) is 24.2 Å². The smallest absolute Gasteiger partial charge is 0.0229 e. The fourth-order valence-electron chi connectivity index (χ4n) is 2.48. The van der Waals surface area contributed by atoms with Gasteiger partial charge in [-0.25, -0.2) is 0 Å². The Bertz CT molecular complexity index is 217. The summed E-state index contributed by atoms with van der Waals surface area (Å²) in [5.41, 5.74) is 0.432. The lowest BCUT2D eigenvalue weighted by atomic mass is 9.79. The van der Waals surface area contributed by atoms with Crippen LogP contribution in [0.5, 0.6) is 0 Å². The van der Waals surface area contributed by atoms with E-state index in [9.17, 15) is 0 Å². The van der Waals surface area contributed by atoms with Crippen LogP contribution in [-0.2, 0) is 0 Å². The molecule has 1 fully saturated rings. The zero-order chi connectivity index (χ0) is 7.90. The summed E-state index contributed by atoms with van der Waals surface area (Å²) in [6, 6.07) is 0. The SMILES string of the molecule is CC1CC2C=NC=CC2(C)C1. The van der Waals surface area contributed by atoms with Crippen molar-refractivity contribution in [3.05, 3.63) is 12.3 Å². The second-order valence-electron chi connectivity index (χ2n) is 4.27. The summed E-state index contributed by atoms with van der Waals surface area (Å²) in [7, 11) is 0. The third-order valence-corrected chi connectivity index (χ3v) is 3.10. The van der Waals surface area contributed by atoms with Gasteiger partial charge in [-0.15, -0.1) is 0 Å². The molecule has 1 nitrogen and oxygen atoms in total. The van der Waals surface area contributed by atoms with E-state index in [-0.39, 0.29) is 0 Å². The minimum absolute atomic E-state index is 0.432. The third-order valence-electron chi connectivity index (χ3n) is 3.10. The Kier molecular flexibility index (Phi) is 1.41. The van der Waals surface area contributed by atoms with Crippen molar-refractivity contribution in [2.45, 2.75) is 26.7 Å². The second kappa shape index (κ2) is 2.20. The molecule has 1 saturated carbocycles. The van der Waals surface area contributed by atoms with Gasteiger partial charge >= 0.3 is 0 Å². The summed E-state index contributed by atoms with van der Waals surface area (Å²) in [5, 5.41) is 0. The van der Waals surface area contributed by atoms with E-state index in [0.717, 1.165) is 5.92 Å². The lowest BCUT2D eigenvalue weighted by Crippen LogP contribution is -2.21. The van der Waals surface area contributed by atoms with Crippen LogP contribution in [0.4, 0.5) is 0 Å². The van der Waals surface area contributed by atoms with E-state index in [4.69, 9.17) is 0 Å². The van der Waals surface area contributed by atoms with Crippen molar-refractivity contribution in [1.29, 1.82) is 0 Å². The lowest BCUT2D eigenvalue weighted by molar-refractivity contribution is 0.377. The minimum atomic E-state index is 0.432. The molecule has 3 unspecified atom stereocenters. The molecule has 0 spiro atoms. The molecule has 11 heavy (non-hydrogen) atoms. The molecular formula is C10H15N. The minimum Gasteiger partial charge on any atom is -0.269 e. The number of rotatable bonds is 0. The van der Waals surface area contributed by atoms with E-state index in [1.807, 2.05) is 6.20 Å². The standard InChI is InChI=1S/C10H15N/c1-8-5-9-7-11-4-3-10(9,2)6-8/h3-4,7-9H,5-6H2,1-2H3. The molecule has 0 N–H and O–H groups in total. The highest BCUT2D eigenvalue weighted by Crippen LogP contribution is 2.47. The molecule has 0 aromatic heterocycles. The van der Waals surface area contributed by atoms with Gasteiger partial charge in [-0.2, -0.15) is 0 Å². The Morgan fingerprint density at radius 1 is 1.55 bits per heavy atom. The van der Waals surface area contributed by atoms with Crippen LogP contribution in [0, 0.1) is 17.3 Å². The van der Waals surface area contributed by atoms with Gasteiger partial charge in [0.15, 0.2) is 0 Å². The van der Waals surface area contributed by atoms with Crippen molar-refractivity contribution in [2.75, 3.05) is 0 Å². The highest BCUT2D eigenvalue weighted by atomic mass is 14.7. The topological polar surface area (TPSA) is 12.4 Å². The molecule has 0 aromatic rings. The summed E-state index contributed by atoms with van der Waals surface area (Å²) in [4.78, 5) is 4.19. The maximum Gasteiger partial charge on any atom is 0.0229 e. The summed E-state index contributed by atoms with van der Waals surface area (Å²) in [6.07, 6.45) is 9.02. The largest absolute Gasteiger partial charge is 0.269 e. The summed E-state index contributed by atoms with van der Waals surface area (Å²) < 4.78 is 0. The highest BCUT2D eigenvalue weighted by Gasteiger charge is 2.40. The fraction of sp³-hybridized carbons (Fsp3) is 0.700. The second-order valence-corrected chi connectivity index (χ2v) is 4.27. The first-order chi connectivity index (χ1) is 5.21. The van der Waals surface area contributed by atoms with E-state index in [2.05, 4.69) is 31.1 Å². The molecule has 1 heterocycles. The van der Waals surface area contributed by atoms with Crippen LogP contribution in [0.2, 0.25) is 0 Å². The Hall–Kier alpha value is -0.590. The number of fused-ring (bicyclic) bond motifs is 1. The van der Waals surface area contributed by atoms with Crippen LogP contribution in [-0.4, -0.2) is 6.21 Å². The molecule has 1 aliphatic carbocycles. The average Bonchev–Trinajstić information content (AvgIpc) is 2.22. The van der Waals surface area contributed by atoms with Gasteiger partial charge in [0.2, 0.25) is 0 Å². The quantitative estimate of drug-likeness (QED) is 0.502. The molecule has 0 bridgehead atoms. The van der Waals surface area contributed by atoms with Gasteiger partial charge in [0.25, 0.3) is 0 Å². The molecule has 0 radical (unpaired) electrons. The van der Waals surface area contributed by atoms with Crippen molar-refractivity contribution in [1.82, 2.24) is 0 Å². The number of allylic oxidation sites excluding steroid dienone is 1. The Balaban J connectivity index is 2.27. The third kappa shape index (κ3) is 1.03. The zero-order valence-electron chi connectivity index (χ0n) is 7.25. The monoisotopic (exact) mass is 149 g/mol. The van der Waals surface area contributed by atoms with E-state index in [0.29, 0.717) is 11.3 Å². The molecular weight excluding hydrogens is 134 g/mol. The van der Waals surface area contributed by atoms with Crippen LogP contribution in [0.25, 0.3) is 0 Å². The summed E-state index contributed by atoms with van der Waals surface area (Å²) >= 11 is 0. The number of hydrogen-bond donors (Lipinski definition) is 0.